The van der Waals surface area contributed by atoms with E-state index in [1.54, 1.807) is 58.0 Å². The number of aliphatic hydroxyl groups is 3. The molecule has 11 rings (SSSR count). The van der Waals surface area contributed by atoms with E-state index in [1.165, 1.54) is 35.0 Å². The Hall–Kier alpha value is -8.11. The Morgan fingerprint density at radius 3 is 1.95 bits per heavy atom. The van der Waals surface area contributed by atoms with Gasteiger partial charge in [-0.1, -0.05) is 52.8 Å². The first kappa shape index (κ1) is 86.9. The number of fused-ring (bicyclic) bond motifs is 8. The van der Waals surface area contributed by atoms with Crippen molar-refractivity contribution in [1.82, 2.24) is 34.4 Å². The van der Waals surface area contributed by atoms with E-state index in [1.807, 2.05) is 27.7 Å². The molecule has 8 bridgehead atoms. The van der Waals surface area contributed by atoms with E-state index < -0.39 is 182 Å². The number of ether oxygens (including phenoxy) is 2. The number of carbonyl (C=O) groups is 7. The van der Waals surface area contributed by atoms with Gasteiger partial charge in [-0.25, -0.2) is 19.9 Å². The molecule has 18 N–H and O–H groups in total. The minimum Gasteiger partial charge on any atom is -0.790 e. The van der Waals surface area contributed by atoms with Crippen LogP contribution in [-0.2, 0) is 82.5 Å². The van der Waals surface area contributed by atoms with Crippen molar-refractivity contribution >= 4 is 102 Å². The number of hydrogen-bond acceptors (Lipinski definition) is 28. The van der Waals surface area contributed by atoms with Crippen molar-refractivity contribution in [2.45, 2.75) is 200 Å². The minimum atomic E-state index is -5.65. The van der Waals surface area contributed by atoms with Gasteiger partial charge in [-0.3, -0.25) is 57.7 Å². The fourth-order valence-electron chi connectivity index (χ4n) is 17.2. The largest absolute Gasteiger partial charge is 0.790 e. The van der Waals surface area contributed by atoms with Crippen molar-refractivity contribution < 1.29 is 113 Å². The summed E-state index contributed by atoms with van der Waals surface area (Å²) in [5.41, 5.74) is 40.5. The molecule has 0 spiro atoms. The van der Waals surface area contributed by atoms with E-state index in [9.17, 15) is 72.7 Å². The number of aliphatic hydroxyl groups excluding tert-OH is 3. The van der Waals surface area contributed by atoms with Crippen LogP contribution in [0.5, 0.6) is 0 Å². The van der Waals surface area contributed by atoms with Gasteiger partial charge in [-0.2, -0.15) is 5.70 Å². The van der Waals surface area contributed by atoms with E-state index in [4.69, 9.17) is 79.0 Å². The number of allylic oxidation sites excluding steroid dienone is 6. The first-order valence-corrected chi connectivity index (χ1v) is 38.7. The van der Waals surface area contributed by atoms with Crippen LogP contribution in [0, 0.1) is 52.3 Å². The average molecular weight is 1630 g/mol. The number of aromatic nitrogens is 6. The standard InChI is InChI=1S/C60H87N13O17P2.C10H12N5O3.Co/c1-29(89-92(85,86)90-51-39(27-87-91(82,83)84)88-55(50(51)81)73-28-68-36-12-10-11-13-38(36)73)26-67-47(80)20-21-57(6)35(22-44(64)77)54-60(9)59(8,25-46(66)79)34(16-19-43(63)76)49(72-60)31(3)53-58(7,24-45(65)78)32(14-17-41(61)74)37(69-53)23-40-56(4,5)33(15-18-42(62)75)48(70-40)30(2)52(57)71-54;1-4-6(16)7(17)10(18-4)15-3-14-5-8(11)12-2-13-9(5)15;/h10-13,23,28-29,32-35,39,50-51,54-55,81H,14-22,24-27H2,1-9H3,(H17,61,62,63,64,65,66,67,69,70,71,72,74,75,76,77,78,79,80,82,83,84,85,86);2-4,6-7,10,16-17H,1H2,(H2,11,12,13);/q;-1;/p-4/t29-,32-,33-,34-,35+,39-,50-,51-,54-,55+,57-,58+,59+,60+;4-,6-,7-,10-;/m11./s1. The maximum Gasteiger partial charge on any atom is 0.268 e. The summed E-state index contributed by atoms with van der Waals surface area (Å²) in [6.07, 6.45) is -7.42. The first-order chi connectivity index (χ1) is 51.3. The Balaban J connectivity index is 0.000000646. The van der Waals surface area contributed by atoms with Gasteiger partial charge in [0, 0.05) is 125 Å². The zero-order valence-electron chi connectivity index (χ0n) is 62.6. The number of aliphatic imine (C=N–C) groups is 3. The number of para-hydroxylation sites is 2. The van der Waals surface area contributed by atoms with Crippen LogP contribution in [0.4, 0.5) is 5.82 Å². The molecule has 0 saturated carbocycles. The Kier molecular flexibility index (Phi) is 25.9. The monoisotopic (exact) mass is 1630 g/mol. The fourth-order valence-corrected chi connectivity index (χ4v) is 18.6. The van der Waals surface area contributed by atoms with Crippen LogP contribution in [0.25, 0.3) is 27.5 Å². The molecular formula is C70H95CoN18O20P2-5. The maximum absolute atomic E-state index is 14.4. The zero-order valence-corrected chi connectivity index (χ0v) is 65.5. The molecule has 10 heterocycles. The number of nitrogens with one attached hydrogen (secondary N) is 1. The number of primary amides is 6. The molecule has 111 heavy (non-hydrogen) atoms. The van der Waals surface area contributed by atoms with Crippen LogP contribution in [-0.4, -0.2) is 170 Å². The number of amides is 7. The normalized spacial score (nSPS) is 33.3. The summed E-state index contributed by atoms with van der Waals surface area (Å²) in [6.45, 7) is 18.0. The number of phosphoric ester groups is 2. The number of phosphoric acid groups is 2. The Bertz CT molecular complexity index is 4620. The summed E-state index contributed by atoms with van der Waals surface area (Å²) in [6, 6.07) is 5.57. The quantitative estimate of drug-likeness (QED) is 0.0259. The molecule has 0 aliphatic carbocycles. The van der Waals surface area contributed by atoms with Crippen molar-refractivity contribution in [2.75, 3.05) is 18.9 Å². The smallest absolute Gasteiger partial charge is 0.268 e. The van der Waals surface area contributed by atoms with Gasteiger partial charge in [0.2, 0.25) is 41.4 Å². The molecule has 1 aromatic carbocycles. The second-order valence-corrected chi connectivity index (χ2v) is 33.2. The Labute approximate surface area is 649 Å². The minimum absolute atomic E-state index is 0. The van der Waals surface area contributed by atoms with E-state index in [2.05, 4.69) is 36.7 Å². The topological polar surface area (TPSA) is 636 Å². The van der Waals surface area contributed by atoms with Gasteiger partial charge in [0.1, 0.15) is 36.3 Å². The summed E-state index contributed by atoms with van der Waals surface area (Å²) >= 11 is 0. The summed E-state index contributed by atoms with van der Waals surface area (Å²) in [5.74, 6) is -7.49. The molecule has 41 heteroatoms. The second kappa shape index (κ2) is 33.1. The van der Waals surface area contributed by atoms with Crippen LogP contribution in [0.1, 0.15) is 145 Å². The maximum atomic E-state index is 14.4. The molecule has 7 aliphatic heterocycles. The Morgan fingerprint density at radius 1 is 0.730 bits per heavy atom. The average Bonchev–Trinajstić information content (AvgIpc) is 1.53. The number of nitrogens with two attached hydrogens (primary N) is 7. The van der Waals surface area contributed by atoms with Crippen molar-refractivity contribution in [3.63, 3.8) is 0 Å². The van der Waals surface area contributed by atoms with Gasteiger partial charge in [0.05, 0.1) is 61.6 Å². The van der Waals surface area contributed by atoms with Crippen LogP contribution in [0.15, 0.2) is 92.5 Å². The van der Waals surface area contributed by atoms with E-state index >= 15 is 0 Å². The number of rotatable bonds is 29. The van der Waals surface area contributed by atoms with Gasteiger partial charge < -0.3 is 120 Å². The van der Waals surface area contributed by atoms with Crippen LogP contribution in [0.2, 0.25) is 0 Å². The summed E-state index contributed by atoms with van der Waals surface area (Å²) in [4.78, 5) is 163. The number of carbonyl (C=O) groups excluding carboxylic acids is 7. The SMILES string of the molecule is C/C1=C2/[N-][C@H]([C@H](CC(N)=O)[C@@]2(C)CCC(=O)NC[C@@H](C)OP(=O)([O-])O[C@H]2[C@@H](O)[C@@H](n3cnc4ccccc43)O[C@@H]2COP(=O)([O-])[O-])[C@]2(C)N=C(/C(C)=C3N=C(/C=C4N=C1[C@@H](CCC(N)=O)C\4(C)C)[C@@H](CCC(N)=O)[C@]\3(C)CC(N)=O)[C@@H](CCC(N)=O)[C@]2(C)CC(N)=O.[CH2-][C@H]1O[C@@H](n2cnc3c(N)ncnc32)[C@H](O)[C@@H]1O.[Co]. The molecule has 7 aliphatic rings. The number of nitrogens with zero attached hydrogens (tertiary/aromatic N) is 10. The number of nitrogen functional groups attached to an aromatic ring is 1. The third-order valence-corrected chi connectivity index (χ3v) is 24.6. The van der Waals surface area contributed by atoms with E-state index in [0.29, 0.717) is 67.6 Å². The predicted octanol–water partition coefficient (Wildman–Crippen LogP) is 0.411. The zero-order chi connectivity index (χ0) is 81.0. The Morgan fingerprint density at radius 2 is 1.34 bits per heavy atom. The molecule has 609 valence electrons. The molecular weight excluding hydrogens is 1530 g/mol. The molecule has 1 radical (unpaired) electrons. The van der Waals surface area contributed by atoms with Crippen LogP contribution in [0.3, 0.4) is 0 Å². The second-order valence-electron chi connectivity index (χ2n) is 30.7. The van der Waals surface area contributed by atoms with Crippen LogP contribution < -0.4 is 60.1 Å². The number of benzene rings is 1. The number of imidazole rings is 2. The third kappa shape index (κ3) is 17.5. The van der Waals surface area contributed by atoms with Crippen molar-refractivity contribution in [3.05, 3.63) is 89.8 Å². The number of anilines is 1. The van der Waals surface area contributed by atoms with Crippen molar-refractivity contribution in [2.24, 2.45) is 94.7 Å². The van der Waals surface area contributed by atoms with Gasteiger partial charge in [0.25, 0.3) is 7.82 Å². The molecule has 3 saturated heterocycles. The molecule has 1 unspecified atom stereocenters. The molecule has 7 amide bonds. The fraction of sp³-hybridized carbons (Fsp3) is 0.586. The number of hydrogen-bond donors (Lipinski definition) is 11. The summed E-state index contributed by atoms with van der Waals surface area (Å²) < 4.78 is 54.4. The molecule has 3 fully saturated rings. The summed E-state index contributed by atoms with van der Waals surface area (Å²) in [7, 11) is -11.2. The third-order valence-electron chi connectivity index (χ3n) is 23.0. The summed E-state index contributed by atoms with van der Waals surface area (Å²) in [5, 5.41) is 39.3. The molecule has 38 nitrogen and oxygen atoms in total. The van der Waals surface area contributed by atoms with Gasteiger partial charge in [0.15, 0.2) is 23.9 Å². The van der Waals surface area contributed by atoms with Gasteiger partial charge in [-0.15, -0.1) is 0 Å². The van der Waals surface area contributed by atoms with Crippen LogP contribution >= 0.6 is 15.6 Å². The van der Waals surface area contributed by atoms with Gasteiger partial charge >= 0.3 is 0 Å². The van der Waals surface area contributed by atoms with E-state index in [-0.39, 0.29) is 93.2 Å². The van der Waals surface area contributed by atoms with E-state index in [0.717, 1.165) is 0 Å². The first-order valence-electron chi connectivity index (χ1n) is 35.7. The predicted molar refractivity (Wildman–Crippen MR) is 390 cm³/mol. The molecule has 3 aromatic heterocycles. The molecule has 4 aromatic rings. The van der Waals surface area contributed by atoms with Gasteiger partial charge in [-0.05, 0) is 100 Å². The van der Waals surface area contributed by atoms with Crippen molar-refractivity contribution in [3.8, 4) is 0 Å². The molecule has 19 atom stereocenters. The van der Waals surface area contributed by atoms with Crippen molar-refractivity contribution in [1.29, 1.82) is 0 Å².